The number of nitrogens with zero attached hydrogens (tertiary/aromatic N) is 6. The van der Waals surface area contributed by atoms with Gasteiger partial charge in [0.25, 0.3) is 5.91 Å². The SMILES string of the molecule is Cc1ccc(C(=O)N2CCN(c3nc4ccccc4c4nnc(-c5ccccc5F)n34)C[C@H]2C)cc1. The van der Waals surface area contributed by atoms with Crippen LogP contribution in [0.2, 0.25) is 0 Å². The van der Waals surface area contributed by atoms with Crippen molar-refractivity contribution in [3.8, 4) is 11.4 Å². The summed E-state index contributed by atoms with van der Waals surface area (Å²) in [6.45, 7) is 5.75. The molecule has 3 aromatic carbocycles. The molecule has 8 heteroatoms. The number of benzene rings is 3. The first-order chi connectivity index (χ1) is 17.5. The molecular weight excluding hydrogens is 455 g/mol. The predicted molar refractivity (Wildman–Crippen MR) is 138 cm³/mol. The van der Waals surface area contributed by atoms with Crippen LogP contribution >= 0.6 is 0 Å². The van der Waals surface area contributed by atoms with Gasteiger partial charge in [-0.1, -0.05) is 42.0 Å². The maximum absolute atomic E-state index is 14.8. The summed E-state index contributed by atoms with van der Waals surface area (Å²) in [6.07, 6.45) is 0. The van der Waals surface area contributed by atoms with Gasteiger partial charge in [0.2, 0.25) is 5.95 Å². The fourth-order valence-electron chi connectivity index (χ4n) is 4.90. The Hall–Kier alpha value is -4.33. The Bertz CT molecular complexity index is 1600. The van der Waals surface area contributed by atoms with Gasteiger partial charge in [-0.3, -0.25) is 4.79 Å². The van der Waals surface area contributed by atoms with Gasteiger partial charge in [-0.25, -0.2) is 13.8 Å². The van der Waals surface area contributed by atoms with Crippen molar-refractivity contribution in [3.05, 3.63) is 89.7 Å². The summed E-state index contributed by atoms with van der Waals surface area (Å²) in [5, 5.41) is 9.67. The average Bonchev–Trinajstić information content (AvgIpc) is 3.34. The van der Waals surface area contributed by atoms with E-state index in [1.165, 1.54) is 6.07 Å². The third-order valence-corrected chi connectivity index (χ3v) is 6.81. The van der Waals surface area contributed by atoms with Gasteiger partial charge in [-0.15, -0.1) is 10.2 Å². The molecule has 2 aromatic heterocycles. The van der Waals surface area contributed by atoms with Crippen LogP contribution in [0.5, 0.6) is 0 Å². The Labute approximate surface area is 207 Å². The van der Waals surface area contributed by atoms with E-state index in [0.29, 0.717) is 48.2 Å². The molecule has 0 radical (unpaired) electrons. The summed E-state index contributed by atoms with van der Waals surface area (Å²) < 4.78 is 16.6. The maximum atomic E-state index is 14.8. The predicted octanol–water partition coefficient (Wildman–Crippen LogP) is 4.74. The first-order valence-corrected chi connectivity index (χ1v) is 12.0. The van der Waals surface area contributed by atoms with Gasteiger partial charge in [0.15, 0.2) is 11.5 Å². The molecule has 1 aliphatic heterocycles. The molecule has 5 aromatic rings. The van der Waals surface area contributed by atoms with Crippen LogP contribution in [0.4, 0.5) is 10.3 Å². The summed E-state index contributed by atoms with van der Waals surface area (Å²) >= 11 is 0. The van der Waals surface area contributed by atoms with Crippen molar-refractivity contribution in [3.63, 3.8) is 0 Å². The second-order valence-corrected chi connectivity index (χ2v) is 9.25. The molecule has 0 saturated carbocycles. The zero-order chi connectivity index (χ0) is 24.8. The molecule has 0 N–H and O–H groups in total. The normalized spacial score (nSPS) is 16.1. The van der Waals surface area contributed by atoms with Crippen LogP contribution in [-0.4, -0.2) is 56.1 Å². The lowest BCUT2D eigenvalue weighted by Crippen LogP contribution is -2.54. The van der Waals surface area contributed by atoms with E-state index in [2.05, 4.69) is 15.1 Å². The van der Waals surface area contributed by atoms with E-state index in [4.69, 9.17) is 4.98 Å². The second kappa shape index (κ2) is 8.71. The molecule has 7 nitrogen and oxygen atoms in total. The third-order valence-electron chi connectivity index (χ3n) is 6.81. The number of carbonyl (C=O) groups excluding carboxylic acids is 1. The number of para-hydroxylation sites is 1. The lowest BCUT2D eigenvalue weighted by molar-refractivity contribution is 0.0673. The molecule has 3 heterocycles. The minimum atomic E-state index is -0.368. The van der Waals surface area contributed by atoms with E-state index < -0.39 is 0 Å². The van der Waals surface area contributed by atoms with Crippen LogP contribution in [0.25, 0.3) is 27.9 Å². The monoisotopic (exact) mass is 480 g/mol. The summed E-state index contributed by atoms with van der Waals surface area (Å²) in [7, 11) is 0. The Morgan fingerprint density at radius 3 is 2.47 bits per heavy atom. The standard InChI is InChI=1S/C28H25FN6O/c1-18-11-13-20(14-12-18)27(36)34-16-15-33(17-19(34)2)28-30-24-10-6-4-8-22(24)26-32-31-25(35(26)28)21-7-3-5-9-23(21)29/h3-14,19H,15-17H2,1-2H3/t19-/m1/s1. The van der Waals surface area contributed by atoms with Gasteiger partial charge < -0.3 is 9.80 Å². The minimum Gasteiger partial charge on any atom is -0.338 e. The first-order valence-electron chi connectivity index (χ1n) is 12.0. The van der Waals surface area contributed by atoms with Gasteiger partial charge in [0, 0.05) is 36.6 Å². The number of aryl methyl sites for hydroxylation is 1. The highest BCUT2D eigenvalue weighted by atomic mass is 19.1. The Balaban J connectivity index is 1.41. The zero-order valence-electron chi connectivity index (χ0n) is 20.1. The molecule has 1 saturated heterocycles. The van der Waals surface area contributed by atoms with Gasteiger partial charge in [0.05, 0.1) is 11.1 Å². The molecule has 0 bridgehead atoms. The van der Waals surface area contributed by atoms with Crippen LogP contribution in [0, 0.1) is 12.7 Å². The van der Waals surface area contributed by atoms with Crippen molar-refractivity contribution in [2.24, 2.45) is 0 Å². The number of fused-ring (bicyclic) bond motifs is 3. The van der Waals surface area contributed by atoms with Crippen molar-refractivity contribution in [2.75, 3.05) is 24.5 Å². The molecule has 1 aliphatic rings. The molecule has 36 heavy (non-hydrogen) atoms. The number of carbonyl (C=O) groups is 1. The molecule has 0 unspecified atom stereocenters. The molecule has 0 spiro atoms. The summed E-state index contributed by atoms with van der Waals surface area (Å²) in [4.78, 5) is 22.2. The number of hydrogen-bond donors (Lipinski definition) is 0. The maximum Gasteiger partial charge on any atom is 0.254 e. The highest BCUT2D eigenvalue weighted by Gasteiger charge is 2.31. The van der Waals surface area contributed by atoms with E-state index in [-0.39, 0.29) is 17.8 Å². The third kappa shape index (κ3) is 3.66. The van der Waals surface area contributed by atoms with Crippen molar-refractivity contribution in [1.29, 1.82) is 0 Å². The van der Waals surface area contributed by atoms with Gasteiger partial charge in [0.1, 0.15) is 5.82 Å². The fraction of sp³-hybridized carbons (Fsp3) is 0.214. The van der Waals surface area contributed by atoms with Crippen molar-refractivity contribution in [2.45, 2.75) is 19.9 Å². The van der Waals surface area contributed by atoms with Gasteiger partial charge in [-0.05, 0) is 50.2 Å². The number of rotatable bonds is 3. The molecule has 180 valence electrons. The summed E-state index contributed by atoms with van der Waals surface area (Å²) in [5.41, 5.74) is 3.59. The highest BCUT2D eigenvalue weighted by Crippen LogP contribution is 2.30. The van der Waals surface area contributed by atoms with E-state index in [1.807, 2.05) is 71.7 Å². The van der Waals surface area contributed by atoms with E-state index in [0.717, 1.165) is 16.5 Å². The number of amides is 1. The minimum absolute atomic E-state index is 0.0233. The molecule has 0 aliphatic carbocycles. The zero-order valence-corrected chi connectivity index (χ0v) is 20.1. The summed E-state index contributed by atoms with van der Waals surface area (Å²) in [6, 6.07) is 21.9. The molecule has 1 atom stereocenters. The van der Waals surface area contributed by atoms with E-state index >= 15 is 0 Å². The van der Waals surface area contributed by atoms with Crippen molar-refractivity contribution < 1.29 is 9.18 Å². The number of halogens is 1. The van der Waals surface area contributed by atoms with E-state index in [9.17, 15) is 9.18 Å². The van der Waals surface area contributed by atoms with E-state index in [1.54, 1.807) is 18.2 Å². The van der Waals surface area contributed by atoms with Crippen LogP contribution < -0.4 is 4.90 Å². The largest absolute Gasteiger partial charge is 0.338 e. The van der Waals surface area contributed by atoms with Crippen LogP contribution in [-0.2, 0) is 0 Å². The smallest absolute Gasteiger partial charge is 0.254 e. The molecule has 1 fully saturated rings. The Morgan fingerprint density at radius 2 is 1.69 bits per heavy atom. The number of anilines is 1. The molecule has 6 rings (SSSR count). The number of hydrogen-bond acceptors (Lipinski definition) is 5. The first kappa shape index (κ1) is 22.2. The Kier molecular flexibility index (Phi) is 5.36. The topological polar surface area (TPSA) is 66.6 Å². The average molecular weight is 481 g/mol. The Morgan fingerprint density at radius 1 is 0.944 bits per heavy atom. The fourth-order valence-corrected chi connectivity index (χ4v) is 4.90. The lowest BCUT2D eigenvalue weighted by atomic mass is 10.1. The quantitative estimate of drug-likeness (QED) is 0.373. The van der Waals surface area contributed by atoms with Crippen LogP contribution in [0.1, 0.15) is 22.8 Å². The van der Waals surface area contributed by atoms with Crippen molar-refractivity contribution in [1.82, 2.24) is 24.5 Å². The van der Waals surface area contributed by atoms with Gasteiger partial charge >= 0.3 is 0 Å². The van der Waals surface area contributed by atoms with Crippen molar-refractivity contribution >= 4 is 28.4 Å². The van der Waals surface area contributed by atoms with Gasteiger partial charge in [-0.2, -0.15) is 0 Å². The second-order valence-electron chi connectivity index (χ2n) is 9.25. The highest BCUT2D eigenvalue weighted by molar-refractivity contribution is 5.95. The lowest BCUT2D eigenvalue weighted by Gasteiger charge is -2.40. The molecular formula is C28H25FN6O. The number of aromatic nitrogens is 4. The number of piperazine rings is 1. The van der Waals surface area contributed by atoms with Crippen LogP contribution in [0.15, 0.2) is 72.8 Å². The molecule has 1 amide bonds. The van der Waals surface area contributed by atoms with Crippen LogP contribution in [0.3, 0.4) is 0 Å². The summed E-state index contributed by atoms with van der Waals surface area (Å²) in [5.74, 6) is 0.700.